The molecule has 1 rings (SSSR count). The summed E-state index contributed by atoms with van der Waals surface area (Å²) in [6.45, 7) is 8.16. The Morgan fingerprint density at radius 3 is 2.48 bits per heavy atom. The minimum atomic E-state index is 0.0525. The lowest BCUT2D eigenvalue weighted by atomic mass is 9.98. The van der Waals surface area contributed by atoms with E-state index in [4.69, 9.17) is 0 Å². The molecule has 0 aliphatic heterocycles. The van der Waals surface area contributed by atoms with Gasteiger partial charge in [0, 0.05) is 23.9 Å². The summed E-state index contributed by atoms with van der Waals surface area (Å²) in [5.74, 6) is 0.753. The molecule has 0 bridgehead atoms. The molecular weight excluding hydrogens is 310 g/mol. The maximum Gasteiger partial charge on any atom is 0.227 e. The van der Waals surface area contributed by atoms with Gasteiger partial charge in [-0.1, -0.05) is 52.7 Å². The second kappa shape index (κ2) is 11.8. The van der Waals surface area contributed by atoms with Crippen LogP contribution in [0.3, 0.4) is 0 Å². The number of Topliss-reactive ketones (excluding diaryl/α,β-unsaturated/α-hetero) is 1. The van der Waals surface area contributed by atoms with Crippen molar-refractivity contribution in [2.45, 2.75) is 79.1 Å². The van der Waals surface area contributed by atoms with E-state index in [0.29, 0.717) is 12.2 Å². The molecular formula is C22H35NO2. The Balaban J connectivity index is 2.36. The molecule has 0 spiro atoms. The first-order chi connectivity index (χ1) is 12.0. The second-order valence-electron chi connectivity index (χ2n) is 7.22. The Bertz CT molecular complexity index is 539. The van der Waals surface area contributed by atoms with E-state index in [-0.39, 0.29) is 17.7 Å². The predicted octanol–water partition coefficient (Wildman–Crippen LogP) is 5.78. The normalized spacial score (nSPS) is 13.3. The highest BCUT2D eigenvalue weighted by atomic mass is 16.1. The van der Waals surface area contributed by atoms with Crippen LogP contribution in [0.25, 0.3) is 0 Å². The van der Waals surface area contributed by atoms with Crippen LogP contribution in [0.4, 0.5) is 5.69 Å². The van der Waals surface area contributed by atoms with Crippen LogP contribution in [-0.2, 0) is 16.0 Å². The van der Waals surface area contributed by atoms with Crippen LogP contribution in [0.15, 0.2) is 24.3 Å². The molecule has 1 amide bonds. The zero-order valence-electron chi connectivity index (χ0n) is 16.4. The molecule has 2 atom stereocenters. The third kappa shape index (κ3) is 8.33. The highest BCUT2D eigenvalue weighted by Crippen LogP contribution is 2.16. The van der Waals surface area contributed by atoms with Gasteiger partial charge in [-0.3, -0.25) is 9.59 Å². The third-order valence-corrected chi connectivity index (χ3v) is 4.91. The van der Waals surface area contributed by atoms with E-state index in [1.54, 1.807) is 0 Å². The molecule has 1 aromatic carbocycles. The van der Waals surface area contributed by atoms with Gasteiger partial charge >= 0.3 is 0 Å². The van der Waals surface area contributed by atoms with Crippen molar-refractivity contribution >= 4 is 17.4 Å². The number of carbonyl (C=O) groups excluding carboxylic acids is 2. The van der Waals surface area contributed by atoms with Crippen LogP contribution in [0.5, 0.6) is 0 Å². The van der Waals surface area contributed by atoms with Crippen molar-refractivity contribution in [2.24, 2.45) is 11.8 Å². The van der Waals surface area contributed by atoms with E-state index >= 15 is 0 Å². The molecule has 0 radical (unpaired) electrons. The number of hydrogen-bond donors (Lipinski definition) is 1. The molecule has 25 heavy (non-hydrogen) atoms. The smallest absolute Gasteiger partial charge is 0.227 e. The lowest BCUT2D eigenvalue weighted by molar-refractivity contribution is -0.122. The van der Waals surface area contributed by atoms with E-state index in [9.17, 15) is 9.59 Å². The average Bonchev–Trinajstić information content (AvgIpc) is 2.61. The summed E-state index contributed by atoms with van der Waals surface area (Å²) >= 11 is 0. The molecule has 0 aromatic heterocycles. The van der Waals surface area contributed by atoms with Crippen LogP contribution in [0.2, 0.25) is 0 Å². The van der Waals surface area contributed by atoms with Crippen LogP contribution in [0, 0.1) is 11.8 Å². The van der Waals surface area contributed by atoms with Crippen LogP contribution >= 0.6 is 0 Å². The summed E-state index contributed by atoms with van der Waals surface area (Å²) in [5.41, 5.74) is 2.13. The van der Waals surface area contributed by atoms with E-state index in [1.165, 1.54) is 5.56 Å². The maximum absolute atomic E-state index is 12.1. The molecule has 1 aromatic rings. The number of nitrogens with one attached hydrogen (secondary N) is 1. The molecule has 0 fully saturated rings. The topological polar surface area (TPSA) is 46.2 Å². The minimum absolute atomic E-state index is 0.0525. The summed E-state index contributed by atoms with van der Waals surface area (Å²) in [7, 11) is 0. The van der Waals surface area contributed by atoms with Gasteiger partial charge in [0.25, 0.3) is 0 Å². The number of benzene rings is 1. The van der Waals surface area contributed by atoms with Gasteiger partial charge < -0.3 is 5.32 Å². The van der Waals surface area contributed by atoms with Crippen molar-refractivity contribution in [3.63, 3.8) is 0 Å². The fraction of sp³-hybridized carbons (Fsp3) is 0.636. The Kier molecular flexibility index (Phi) is 10.1. The molecule has 140 valence electrons. The second-order valence-corrected chi connectivity index (χ2v) is 7.22. The van der Waals surface area contributed by atoms with Gasteiger partial charge in [-0.15, -0.1) is 0 Å². The summed E-state index contributed by atoms with van der Waals surface area (Å²) in [6, 6.07) is 8.13. The fourth-order valence-corrected chi connectivity index (χ4v) is 2.91. The fourth-order valence-electron chi connectivity index (χ4n) is 2.91. The number of rotatable bonds is 12. The Labute approximate surface area is 153 Å². The first-order valence-corrected chi connectivity index (χ1v) is 9.90. The summed E-state index contributed by atoms with van der Waals surface area (Å²) in [4.78, 5) is 23.9. The van der Waals surface area contributed by atoms with Gasteiger partial charge in [-0.25, -0.2) is 0 Å². The number of amides is 1. The molecule has 3 nitrogen and oxygen atoms in total. The van der Waals surface area contributed by atoms with E-state index in [0.717, 1.165) is 50.6 Å². The number of aryl methyl sites for hydroxylation is 1. The van der Waals surface area contributed by atoms with Crippen molar-refractivity contribution in [3.8, 4) is 0 Å². The average molecular weight is 346 g/mol. The number of ketones is 1. The zero-order chi connectivity index (χ0) is 18.7. The van der Waals surface area contributed by atoms with Crippen molar-refractivity contribution in [3.05, 3.63) is 29.8 Å². The SMILES string of the molecule is CCCC(C)C(=O)Nc1cccc(CCCCCC(=O)C(C)CC)c1. The first kappa shape index (κ1) is 21.4. The number of hydrogen-bond acceptors (Lipinski definition) is 2. The molecule has 3 heteroatoms. The maximum atomic E-state index is 12.1. The number of carbonyl (C=O) groups is 2. The largest absolute Gasteiger partial charge is 0.326 e. The third-order valence-electron chi connectivity index (χ3n) is 4.91. The number of anilines is 1. The van der Waals surface area contributed by atoms with Crippen molar-refractivity contribution < 1.29 is 9.59 Å². The summed E-state index contributed by atoms with van der Waals surface area (Å²) < 4.78 is 0. The van der Waals surface area contributed by atoms with Crippen molar-refractivity contribution in [1.29, 1.82) is 0 Å². The zero-order valence-corrected chi connectivity index (χ0v) is 16.4. The Morgan fingerprint density at radius 2 is 1.80 bits per heavy atom. The Hall–Kier alpha value is -1.64. The van der Waals surface area contributed by atoms with E-state index < -0.39 is 0 Å². The van der Waals surface area contributed by atoms with Gasteiger partial charge in [0.1, 0.15) is 5.78 Å². The van der Waals surface area contributed by atoms with Crippen molar-refractivity contribution in [1.82, 2.24) is 0 Å². The lowest BCUT2D eigenvalue weighted by Crippen LogP contribution is -2.20. The first-order valence-electron chi connectivity index (χ1n) is 9.90. The Morgan fingerprint density at radius 1 is 1.04 bits per heavy atom. The van der Waals surface area contributed by atoms with Crippen molar-refractivity contribution in [2.75, 3.05) is 5.32 Å². The van der Waals surface area contributed by atoms with Crippen LogP contribution in [0.1, 0.15) is 78.2 Å². The molecule has 2 unspecified atom stereocenters. The molecule has 0 aliphatic carbocycles. The van der Waals surface area contributed by atoms with Gasteiger partial charge in [-0.05, 0) is 49.8 Å². The molecule has 0 heterocycles. The molecule has 0 saturated heterocycles. The predicted molar refractivity (Wildman–Crippen MR) is 106 cm³/mol. The minimum Gasteiger partial charge on any atom is -0.326 e. The molecule has 0 aliphatic rings. The summed E-state index contributed by atoms with van der Waals surface area (Å²) in [5, 5.41) is 3.02. The van der Waals surface area contributed by atoms with Gasteiger partial charge in [0.05, 0.1) is 0 Å². The van der Waals surface area contributed by atoms with Gasteiger partial charge in [0.15, 0.2) is 0 Å². The monoisotopic (exact) mass is 345 g/mol. The highest BCUT2D eigenvalue weighted by molar-refractivity contribution is 5.92. The van der Waals surface area contributed by atoms with Gasteiger partial charge in [0.2, 0.25) is 5.91 Å². The standard InChI is InChI=1S/C22H35NO2/c1-5-11-18(4)22(25)23-20-14-10-13-19(16-20)12-8-7-9-15-21(24)17(3)6-2/h10,13-14,16-18H,5-9,11-12,15H2,1-4H3,(H,23,25). The quantitative estimate of drug-likeness (QED) is 0.488. The molecule has 0 saturated carbocycles. The van der Waals surface area contributed by atoms with Crippen LogP contribution in [-0.4, -0.2) is 11.7 Å². The van der Waals surface area contributed by atoms with Crippen LogP contribution < -0.4 is 5.32 Å². The number of unbranched alkanes of at least 4 members (excludes halogenated alkanes) is 2. The van der Waals surface area contributed by atoms with E-state index in [2.05, 4.69) is 31.3 Å². The highest BCUT2D eigenvalue weighted by Gasteiger charge is 2.12. The lowest BCUT2D eigenvalue weighted by Gasteiger charge is -2.12. The van der Waals surface area contributed by atoms with Gasteiger partial charge in [-0.2, -0.15) is 0 Å². The molecule has 1 N–H and O–H groups in total. The summed E-state index contributed by atoms with van der Waals surface area (Å²) in [6.07, 6.45) is 7.72. The van der Waals surface area contributed by atoms with E-state index in [1.807, 2.05) is 26.0 Å².